The van der Waals surface area contributed by atoms with Crippen LogP contribution in [0.2, 0.25) is 0 Å². The van der Waals surface area contributed by atoms with Gasteiger partial charge in [0.05, 0.1) is 12.0 Å². The quantitative estimate of drug-likeness (QED) is 0.672. The van der Waals surface area contributed by atoms with Crippen molar-refractivity contribution in [2.45, 2.75) is 45.4 Å². The average molecular weight is 281 g/mol. The molecule has 110 valence electrons. The Labute approximate surface area is 126 Å². The van der Waals surface area contributed by atoms with Gasteiger partial charge in [0.2, 0.25) is 0 Å². The topological polar surface area (TPSA) is 40.9 Å². The highest BCUT2D eigenvalue weighted by Gasteiger charge is 2.55. The van der Waals surface area contributed by atoms with Crippen LogP contribution in [0.25, 0.3) is 0 Å². The Hall–Kier alpha value is -1.36. The summed E-state index contributed by atoms with van der Waals surface area (Å²) >= 11 is 0. The molecule has 21 heavy (non-hydrogen) atoms. The van der Waals surface area contributed by atoms with Gasteiger partial charge < -0.3 is 0 Å². The zero-order valence-electron chi connectivity index (χ0n) is 12.7. The van der Waals surface area contributed by atoms with Gasteiger partial charge in [0.1, 0.15) is 0 Å². The van der Waals surface area contributed by atoms with Gasteiger partial charge >= 0.3 is 0 Å². The molecular formula is C19H23NO. The number of hydrogen-bond acceptors (Lipinski definition) is 2. The third-order valence-corrected chi connectivity index (χ3v) is 7.03. The summed E-state index contributed by atoms with van der Waals surface area (Å²) < 4.78 is 0. The monoisotopic (exact) mass is 281 g/mol. The van der Waals surface area contributed by atoms with Crippen molar-refractivity contribution in [3.63, 3.8) is 0 Å². The summed E-state index contributed by atoms with van der Waals surface area (Å²) in [4.78, 5) is 11.6. The molecule has 4 aliphatic rings. The third kappa shape index (κ3) is 1.79. The number of allylic oxidation sites excluding steroid dienone is 4. The van der Waals surface area contributed by atoms with Gasteiger partial charge in [0.25, 0.3) is 0 Å². The lowest BCUT2D eigenvalue weighted by atomic mass is 9.53. The molecule has 2 nitrogen and oxygen atoms in total. The molecule has 2 heteroatoms. The molecule has 4 rings (SSSR count). The van der Waals surface area contributed by atoms with Gasteiger partial charge in [-0.1, -0.05) is 19.1 Å². The van der Waals surface area contributed by atoms with E-state index in [0.29, 0.717) is 29.5 Å². The highest BCUT2D eigenvalue weighted by molar-refractivity contribution is 5.91. The minimum atomic E-state index is 0.228. The molecule has 0 heterocycles. The van der Waals surface area contributed by atoms with Crippen molar-refractivity contribution in [3.05, 3.63) is 23.8 Å². The molecule has 6 atom stereocenters. The molecule has 0 aromatic carbocycles. The molecule has 0 radical (unpaired) electrons. The highest BCUT2D eigenvalue weighted by atomic mass is 16.1. The average Bonchev–Trinajstić information content (AvgIpc) is 2.83. The summed E-state index contributed by atoms with van der Waals surface area (Å²) in [6.45, 7) is 2.36. The molecular weight excluding hydrogens is 258 g/mol. The molecule has 0 N–H and O–H groups in total. The molecule has 2 saturated carbocycles. The van der Waals surface area contributed by atoms with Gasteiger partial charge in [-0.2, -0.15) is 5.26 Å². The Balaban J connectivity index is 1.69. The van der Waals surface area contributed by atoms with E-state index in [9.17, 15) is 10.1 Å². The van der Waals surface area contributed by atoms with E-state index < -0.39 is 0 Å². The second kappa shape index (κ2) is 4.57. The minimum Gasteiger partial charge on any atom is -0.295 e. The second-order valence-corrected chi connectivity index (χ2v) is 7.77. The van der Waals surface area contributed by atoms with E-state index in [0.717, 1.165) is 19.3 Å². The van der Waals surface area contributed by atoms with Gasteiger partial charge in [-0.25, -0.2) is 0 Å². The first-order valence-corrected chi connectivity index (χ1v) is 8.46. The van der Waals surface area contributed by atoms with Gasteiger partial charge in [0, 0.05) is 6.42 Å². The summed E-state index contributed by atoms with van der Waals surface area (Å²) in [5.74, 6) is 3.18. The molecule has 4 unspecified atom stereocenters. The van der Waals surface area contributed by atoms with Crippen LogP contribution in [-0.2, 0) is 4.79 Å². The minimum absolute atomic E-state index is 0.228. The first-order chi connectivity index (χ1) is 10.1. The van der Waals surface area contributed by atoms with E-state index >= 15 is 0 Å². The number of carbonyl (C=O) groups is 1. The first-order valence-electron chi connectivity index (χ1n) is 8.46. The number of rotatable bonds is 0. The molecule has 0 amide bonds. The van der Waals surface area contributed by atoms with E-state index in [2.05, 4.69) is 25.1 Å². The summed E-state index contributed by atoms with van der Waals surface area (Å²) in [7, 11) is 0. The van der Waals surface area contributed by atoms with Gasteiger partial charge in [0.15, 0.2) is 5.78 Å². The maximum atomic E-state index is 11.6. The predicted molar refractivity (Wildman–Crippen MR) is 81.1 cm³/mol. The van der Waals surface area contributed by atoms with Gasteiger partial charge in [-0.15, -0.1) is 0 Å². The van der Waals surface area contributed by atoms with E-state index in [-0.39, 0.29) is 11.3 Å². The van der Waals surface area contributed by atoms with Crippen molar-refractivity contribution in [2.24, 2.45) is 35.0 Å². The number of carbonyl (C=O) groups excluding carboxylic acids is 1. The van der Waals surface area contributed by atoms with Crippen molar-refractivity contribution >= 4 is 5.78 Å². The highest BCUT2D eigenvalue weighted by Crippen LogP contribution is 2.62. The van der Waals surface area contributed by atoms with Crippen LogP contribution in [-0.4, -0.2) is 5.78 Å². The zero-order valence-corrected chi connectivity index (χ0v) is 12.7. The van der Waals surface area contributed by atoms with Crippen molar-refractivity contribution in [1.29, 1.82) is 5.26 Å². The standard InChI is InChI=1S/C19H23NO/c1-19-9-8-16-15-6-4-14(21)10-12(15)2-5-17(16)18(19)7-3-13(19)11-20/h2,5,10,13,15-18H,3-4,6-9H2,1H3/t13-,15?,16?,17?,18?,19-/m1/s1. The predicted octanol–water partition coefficient (Wildman–Crippen LogP) is 4.04. The van der Waals surface area contributed by atoms with Crippen LogP contribution in [0.5, 0.6) is 0 Å². The van der Waals surface area contributed by atoms with Crippen LogP contribution >= 0.6 is 0 Å². The number of ketones is 1. The molecule has 0 bridgehead atoms. The Morgan fingerprint density at radius 1 is 1.29 bits per heavy atom. The van der Waals surface area contributed by atoms with Crippen LogP contribution < -0.4 is 0 Å². The fourth-order valence-electron chi connectivity index (χ4n) is 5.87. The smallest absolute Gasteiger partial charge is 0.155 e. The molecule has 0 saturated heterocycles. The number of fused-ring (bicyclic) bond motifs is 5. The Kier molecular flexibility index (Phi) is 2.89. The largest absolute Gasteiger partial charge is 0.295 e. The molecule has 0 aliphatic heterocycles. The number of nitriles is 1. The molecule has 0 aromatic rings. The van der Waals surface area contributed by atoms with Crippen LogP contribution in [0, 0.1) is 46.3 Å². The van der Waals surface area contributed by atoms with E-state index in [1.54, 1.807) is 0 Å². The molecule has 0 aromatic heterocycles. The maximum absolute atomic E-state index is 11.6. The summed E-state index contributed by atoms with van der Waals surface area (Å²) in [6, 6.07) is 2.58. The van der Waals surface area contributed by atoms with Crippen molar-refractivity contribution < 1.29 is 4.79 Å². The molecule has 0 spiro atoms. The first kappa shape index (κ1) is 13.3. The van der Waals surface area contributed by atoms with Crippen LogP contribution in [0.4, 0.5) is 0 Å². The third-order valence-electron chi connectivity index (χ3n) is 7.03. The van der Waals surface area contributed by atoms with E-state index in [1.165, 1.54) is 24.8 Å². The summed E-state index contributed by atoms with van der Waals surface area (Å²) in [5, 5.41) is 9.47. The van der Waals surface area contributed by atoms with Crippen LogP contribution in [0.1, 0.15) is 45.4 Å². The SMILES string of the molecule is C[C@]12CCC3C4CCC(=O)C=C4C=CC3C1CC[C@@H]2C#N. The Bertz CT molecular complexity index is 581. The Morgan fingerprint density at radius 2 is 2.14 bits per heavy atom. The lowest BCUT2D eigenvalue weighted by molar-refractivity contribution is -0.115. The second-order valence-electron chi connectivity index (χ2n) is 7.77. The van der Waals surface area contributed by atoms with E-state index in [1.807, 2.05) is 6.08 Å². The fraction of sp³-hybridized carbons (Fsp3) is 0.684. The Morgan fingerprint density at radius 3 is 2.95 bits per heavy atom. The zero-order chi connectivity index (χ0) is 14.6. The van der Waals surface area contributed by atoms with Crippen molar-refractivity contribution in [2.75, 3.05) is 0 Å². The normalized spacial score (nSPS) is 47.9. The molecule has 4 aliphatic carbocycles. The summed E-state index contributed by atoms with van der Waals surface area (Å²) in [5.41, 5.74) is 1.51. The summed E-state index contributed by atoms with van der Waals surface area (Å²) in [6.07, 6.45) is 13.0. The number of nitrogens with zero attached hydrogens (tertiary/aromatic N) is 1. The van der Waals surface area contributed by atoms with Crippen molar-refractivity contribution in [3.8, 4) is 6.07 Å². The lowest BCUT2D eigenvalue weighted by Gasteiger charge is -2.51. The maximum Gasteiger partial charge on any atom is 0.155 e. The lowest BCUT2D eigenvalue weighted by Crippen LogP contribution is -2.44. The molecule has 2 fully saturated rings. The fourth-order valence-corrected chi connectivity index (χ4v) is 5.87. The van der Waals surface area contributed by atoms with Crippen LogP contribution in [0.15, 0.2) is 23.8 Å². The van der Waals surface area contributed by atoms with Crippen molar-refractivity contribution in [1.82, 2.24) is 0 Å². The van der Waals surface area contributed by atoms with Crippen LogP contribution in [0.3, 0.4) is 0 Å². The van der Waals surface area contributed by atoms with Gasteiger partial charge in [-0.05, 0) is 72.8 Å². The number of hydrogen-bond donors (Lipinski definition) is 0. The van der Waals surface area contributed by atoms with E-state index in [4.69, 9.17) is 0 Å². The van der Waals surface area contributed by atoms with Gasteiger partial charge in [-0.3, -0.25) is 4.79 Å².